The van der Waals surface area contributed by atoms with E-state index < -0.39 is 0 Å². The van der Waals surface area contributed by atoms with E-state index in [-0.39, 0.29) is 11.7 Å². The van der Waals surface area contributed by atoms with E-state index in [1.54, 1.807) is 0 Å². The summed E-state index contributed by atoms with van der Waals surface area (Å²) in [6.45, 7) is 5.69. The van der Waals surface area contributed by atoms with Crippen molar-refractivity contribution in [3.05, 3.63) is 52.3 Å². The summed E-state index contributed by atoms with van der Waals surface area (Å²) in [4.78, 5) is 11.8. The van der Waals surface area contributed by atoms with E-state index in [1.165, 1.54) is 0 Å². The molecule has 2 rings (SSSR count). The molecule has 0 fully saturated rings. The first-order valence-electron chi connectivity index (χ1n) is 6.29. The third-order valence-electron chi connectivity index (χ3n) is 3.46. The van der Waals surface area contributed by atoms with Crippen LogP contribution in [0.4, 0.5) is 0 Å². The molecule has 0 saturated heterocycles. The van der Waals surface area contributed by atoms with Gasteiger partial charge in [-0.3, -0.25) is 4.79 Å². The number of hydrogen-bond donors (Lipinski definition) is 0. The van der Waals surface area contributed by atoms with Gasteiger partial charge in [0.2, 0.25) is 0 Å². The first-order chi connectivity index (χ1) is 9.51. The number of carbonyl (C=O) groups is 1. The molecule has 1 aromatic carbocycles. The number of aromatic nitrogens is 1. The van der Waals surface area contributed by atoms with Gasteiger partial charge in [0.05, 0.1) is 17.1 Å². The topological polar surface area (TPSA) is 45.8 Å². The van der Waals surface area contributed by atoms with Crippen molar-refractivity contribution in [2.75, 3.05) is 5.88 Å². The summed E-state index contributed by atoms with van der Waals surface area (Å²) in [5.74, 6) is -0.138. The van der Waals surface area contributed by atoms with E-state index in [4.69, 9.17) is 11.6 Å². The summed E-state index contributed by atoms with van der Waals surface area (Å²) in [5.41, 5.74) is 4.69. The highest BCUT2D eigenvalue weighted by atomic mass is 35.5. The van der Waals surface area contributed by atoms with Gasteiger partial charge in [-0.05, 0) is 38.5 Å². The van der Waals surface area contributed by atoms with Crippen LogP contribution in [0, 0.1) is 32.1 Å². The molecule has 1 aromatic heterocycles. The van der Waals surface area contributed by atoms with E-state index in [0.29, 0.717) is 11.1 Å². The third kappa shape index (κ3) is 2.23. The number of rotatable bonds is 3. The maximum Gasteiger partial charge on any atom is 0.179 e. The third-order valence-corrected chi connectivity index (χ3v) is 3.70. The molecule has 4 heteroatoms. The number of nitriles is 1. The van der Waals surface area contributed by atoms with Gasteiger partial charge in [-0.25, -0.2) is 0 Å². The minimum atomic E-state index is -0.0998. The molecule has 2 aromatic rings. The van der Waals surface area contributed by atoms with E-state index in [0.717, 1.165) is 22.6 Å². The van der Waals surface area contributed by atoms with Crippen molar-refractivity contribution in [2.45, 2.75) is 20.8 Å². The number of ketones is 1. The minimum Gasteiger partial charge on any atom is -0.316 e. The summed E-state index contributed by atoms with van der Waals surface area (Å²) < 4.78 is 1.94. The summed E-state index contributed by atoms with van der Waals surface area (Å²) in [5, 5.41) is 9.35. The van der Waals surface area contributed by atoms with Crippen LogP contribution in [-0.2, 0) is 0 Å². The van der Waals surface area contributed by atoms with Crippen LogP contribution in [0.5, 0.6) is 0 Å². The fraction of sp³-hybridized carbons (Fsp3) is 0.250. The fourth-order valence-corrected chi connectivity index (χ4v) is 2.62. The average Bonchev–Trinajstić information content (AvgIpc) is 2.73. The van der Waals surface area contributed by atoms with Crippen LogP contribution in [0.15, 0.2) is 24.3 Å². The highest BCUT2D eigenvalue weighted by Gasteiger charge is 2.18. The molecule has 0 aliphatic carbocycles. The van der Waals surface area contributed by atoms with Gasteiger partial charge in [0.1, 0.15) is 6.07 Å². The largest absolute Gasteiger partial charge is 0.316 e. The highest BCUT2D eigenvalue weighted by Crippen LogP contribution is 2.25. The van der Waals surface area contributed by atoms with Gasteiger partial charge < -0.3 is 4.57 Å². The Kier molecular flexibility index (Phi) is 3.96. The maximum atomic E-state index is 11.8. The Hall–Kier alpha value is -2.05. The lowest BCUT2D eigenvalue weighted by atomic mass is 10.1. The molecule has 0 aliphatic heterocycles. The van der Waals surface area contributed by atoms with E-state index in [2.05, 4.69) is 6.07 Å². The lowest BCUT2D eigenvalue weighted by Gasteiger charge is -2.13. The number of benzene rings is 1. The number of halogens is 1. The van der Waals surface area contributed by atoms with E-state index >= 15 is 0 Å². The van der Waals surface area contributed by atoms with Crippen molar-refractivity contribution in [3.63, 3.8) is 0 Å². The maximum absolute atomic E-state index is 11.8. The van der Waals surface area contributed by atoms with Gasteiger partial charge in [-0.2, -0.15) is 5.26 Å². The Bertz CT molecular complexity index is 723. The van der Waals surface area contributed by atoms with Crippen molar-refractivity contribution >= 4 is 17.4 Å². The van der Waals surface area contributed by atoms with Gasteiger partial charge in [0.15, 0.2) is 5.78 Å². The molecule has 1 heterocycles. The molecule has 0 saturated carbocycles. The van der Waals surface area contributed by atoms with Gasteiger partial charge in [-0.1, -0.05) is 12.1 Å². The van der Waals surface area contributed by atoms with Crippen LogP contribution >= 0.6 is 11.6 Å². The zero-order valence-electron chi connectivity index (χ0n) is 11.7. The van der Waals surface area contributed by atoms with Gasteiger partial charge in [-0.15, -0.1) is 11.6 Å². The quantitative estimate of drug-likeness (QED) is 0.638. The standard InChI is InChI=1S/C16H15ClN2O/c1-10-5-4-6-15(14(10)9-18)19-11(2)7-13(12(19)3)16(20)8-17/h4-7H,8H2,1-3H3. The van der Waals surface area contributed by atoms with Crippen LogP contribution in [0.2, 0.25) is 0 Å². The normalized spacial score (nSPS) is 10.3. The second-order valence-corrected chi connectivity index (χ2v) is 5.03. The van der Waals surface area contributed by atoms with Crippen molar-refractivity contribution in [1.29, 1.82) is 5.26 Å². The summed E-state index contributed by atoms with van der Waals surface area (Å²) in [6.07, 6.45) is 0. The van der Waals surface area contributed by atoms with Gasteiger partial charge in [0.25, 0.3) is 0 Å². The molecule has 0 atom stereocenters. The smallest absolute Gasteiger partial charge is 0.179 e. The average molecular weight is 287 g/mol. The highest BCUT2D eigenvalue weighted by molar-refractivity contribution is 6.30. The minimum absolute atomic E-state index is 0.0385. The molecule has 0 radical (unpaired) electrons. The first kappa shape index (κ1) is 14.4. The summed E-state index contributed by atoms with van der Waals surface area (Å²) in [7, 11) is 0. The number of carbonyl (C=O) groups excluding carboxylic acids is 1. The van der Waals surface area contributed by atoms with Crippen LogP contribution < -0.4 is 0 Å². The molecule has 0 N–H and O–H groups in total. The number of alkyl halides is 1. The Morgan fingerprint density at radius 3 is 2.65 bits per heavy atom. The molecule has 0 amide bonds. The Morgan fingerprint density at radius 2 is 2.05 bits per heavy atom. The van der Waals surface area contributed by atoms with Crippen LogP contribution in [0.25, 0.3) is 5.69 Å². The molecule has 0 unspecified atom stereocenters. The van der Waals surface area contributed by atoms with Crippen molar-refractivity contribution < 1.29 is 4.79 Å². The molecule has 0 aliphatic rings. The lowest BCUT2D eigenvalue weighted by Crippen LogP contribution is -2.06. The van der Waals surface area contributed by atoms with Crippen molar-refractivity contribution in [1.82, 2.24) is 4.57 Å². The number of nitrogens with zero attached hydrogens (tertiary/aromatic N) is 2. The van der Waals surface area contributed by atoms with Crippen LogP contribution in [0.3, 0.4) is 0 Å². The molecule has 0 spiro atoms. The molecule has 0 bridgehead atoms. The zero-order valence-corrected chi connectivity index (χ0v) is 12.5. The number of aryl methyl sites for hydroxylation is 2. The molecular weight excluding hydrogens is 272 g/mol. The summed E-state index contributed by atoms with van der Waals surface area (Å²) >= 11 is 5.64. The predicted molar refractivity (Wildman–Crippen MR) is 79.7 cm³/mol. The molecule has 20 heavy (non-hydrogen) atoms. The monoisotopic (exact) mass is 286 g/mol. The SMILES string of the molecule is Cc1cccc(-n2c(C)cc(C(=O)CCl)c2C)c1C#N. The summed E-state index contributed by atoms with van der Waals surface area (Å²) in [6, 6.07) is 9.76. The number of hydrogen-bond acceptors (Lipinski definition) is 2. The zero-order chi connectivity index (χ0) is 14.9. The Morgan fingerprint density at radius 1 is 1.35 bits per heavy atom. The molecular formula is C16H15ClN2O. The second kappa shape index (κ2) is 5.52. The second-order valence-electron chi connectivity index (χ2n) is 4.76. The lowest BCUT2D eigenvalue weighted by molar-refractivity contribution is 0.102. The van der Waals surface area contributed by atoms with Crippen LogP contribution in [-0.4, -0.2) is 16.2 Å². The van der Waals surface area contributed by atoms with Crippen molar-refractivity contribution in [3.8, 4) is 11.8 Å². The van der Waals surface area contributed by atoms with Gasteiger partial charge in [0, 0.05) is 17.0 Å². The van der Waals surface area contributed by atoms with Gasteiger partial charge >= 0.3 is 0 Å². The first-order valence-corrected chi connectivity index (χ1v) is 6.83. The van der Waals surface area contributed by atoms with Crippen LogP contribution in [0.1, 0.15) is 32.9 Å². The predicted octanol–water partition coefficient (Wildman–Crippen LogP) is 3.70. The van der Waals surface area contributed by atoms with E-state index in [9.17, 15) is 10.1 Å². The van der Waals surface area contributed by atoms with Crippen molar-refractivity contribution in [2.24, 2.45) is 0 Å². The van der Waals surface area contributed by atoms with E-state index in [1.807, 2.05) is 49.6 Å². The fourth-order valence-electron chi connectivity index (χ4n) is 2.47. The molecule has 3 nitrogen and oxygen atoms in total. The molecule has 102 valence electrons. The Labute approximate surface area is 123 Å². The number of Topliss-reactive ketones (excluding diaryl/α,β-unsaturated/α-hetero) is 1. The Balaban J connectivity index is 2.72.